The molecule has 0 bridgehead atoms. The third-order valence-corrected chi connectivity index (χ3v) is 3.58. The van der Waals surface area contributed by atoms with Gasteiger partial charge < -0.3 is 5.32 Å². The first-order valence-electron chi connectivity index (χ1n) is 4.93. The summed E-state index contributed by atoms with van der Waals surface area (Å²) in [5.41, 5.74) is 1.27. The number of hydrogen-bond acceptors (Lipinski definition) is 3. The molecule has 2 aromatic rings. The molecule has 0 amide bonds. The fraction of sp³-hybridized carbons (Fsp3) is 0. The minimum Gasteiger partial charge on any atom is -0.354 e. The van der Waals surface area contributed by atoms with Gasteiger partial charge in [-0.05, 0) is 24.3 Å². The smallest absolute Gasteiger partial charge is 0.263 e. The molecule has 0 saturated carbocycles. The second-order valence-corrected chi connectivity index (χ2v) is 5.96. The molecule has 5 heteroatoms. The van der Waals surface area contributed by atoms with Crippen molar-refractivity contribution in [3.8, 4) is 0 Å². The Labute approximate surface area is 104 Å². The summed E-state index contributed by atoms with van der Waals surface area (Å²) in [6.07, 6.45) is 0. The molecule has 88 valence electrons. The Morgan fingerprint density at radius 3 is 2.12 bits per heavy atom. The highest BCUT2D eigenvalue weighted by molar-refractivity contribution is 8.13. The molecule has 0 aromatic heterocycles. The Kier molecular flexibility index (Phi) is 3.36. The second kappa shape index (κ2) is 4.77. The molecule has 1 N–H and O–H groups in total. The standard InChI is InChI=1S/C12H10ClNO2S/c13-17(15,16)12-9-5-4-8-11(12)14-10-6-2-1-3-7-10/h1-9,14H. The highest BCUT2D eigenvalue weighted by atomic mass is 35.7. The van der Waals surface area contributed by atoms with E-state index in [1.165, 1.54) is 6.07 Å². The predicted octanol–water partition coefficient (Wildman–Crippen LogP) is 3.36. The fourth-order valence-corrected chi connectivity index (χ4v) is 2.49. The molecule has 0 heterocycles. The highest BCUT2D eigenvalue weighted by Crippen LogP contribution is 2.26. The second-order valence-electron chi connectivity index (χ2n) is 3.43. The van der Waals surface area contributed by atoms with Crippen molar-refractivity contribution in [1.82, 2.24) is 0 Å². The molecule has 0 spiro atoms. The summed E-state index contributed by atoms with van der Waals surface area (Å²) >= 11 is 0. The number of anilines is 2. The number of nitrogens with one attached hydrogen (secondary N) is 1. The van der Waals surface area contributed by atoms with Gasteiger partial charge in [0.05, 0.1) is 5.69 Å². The van der Waals surface area contributed by atoms with E-state index in [0.717, 1.165) is 5.69 Å². The lowest BCUT2D eigenvalue weighted by atomic mass is 10.3. The van der Waals surface area contributed by atoms with Gasteiger partial charge in [-0.25, -0.2) is 8.42 Å². The zero-order valence-electron chi connectivity index (χ0n) is 8.80. The van der Waals surface area contributed by atoms with E-state index in [-0.39, 0.29) is 4.90 Å². The van der Waals surface area contributed by atoms with Gasteiger partial charge in [0, 0.05) is 16.4 Å². The first-order valence-corrected chi connectivity index (χ1v) is 7.24. The molecule has 0 aliphatic carbocycles. The molecule has 17 heavy (non-hydrogen) atoms. The molecular weight excluding hydrogens is 258 g/mol. The molecule has 2 rings (SSSR count). The number of rotatable bonds is 3. The highest BCUT2D eigenvalue weighted by Gasteiger charge is 2.14. The van der Waals surface area contributed by atoms with Gasteiger partial charge in [0.15, 0.2) is 0 Å². The van der Waals surface area contributed by atoms with Crippen LogP contribution in [-0.4, -0.2) is 8.42 Å². The van der Waals surface area contributed by atoms with Crippen LogP contribution in [0.4, 0.5) is 11.4 Å². The first-order chi connectivity index (χ1) is 8.07. The van der Waals surface area contributed by atoms with E-state index in [0.29, 0.717) is 5.69 Å². The van der Waals surface area contributed by atoms with Crippen molar-refractivity contribution in [3.63, 3.8) is 0 Å². The summed E-state index contributed by atoms with van der Waals surface area (Å²) < 4.78 is 22.7. The van der Waals surface area contributed by atoms with Crippen molar-refractivity contribution in [2.75, 3.05) is 5.32 Å². The van der Waals surface area contributed by atoms with Crippen LogP contribution in [0.2, 0.25) is 0 Å². The average Bonchev–Trinajstić information content (AvgIpc) is 2.30. The average molecular weight is 268 g/mol. The minimum absolute atomic E-state index is 0.0746. The summed E-state index contributed by atoms with van der Waals surface area (Å²) in [4.78, 5) is 0.0746. The largest absolute Gasteiger partial charge is 0.354 e. The maximum atomic E-state index is 11.4. The summed E-state index contributed by atoms with van der Waals surface area (Å²) in [6.45, 7) is 0. The van der Waals surface area contributed by atoms with Crippen LogP contribution in [0.5, 0.6) is 0 Å². The van der Waals surface area contributed by atoms with Gasteiger partial charge in [-0.2, -0.15) is 0 Å². The summed E-state index contributed by atoms with van der Waals surface area (Å²) in [6, 6.07) is 15.8. The molecule has 0 aliphatic heterocycles. The lowest BCUT2D eigenvalue weighted by Crippen LogP contribution is -1.98. The molecule has 2 aromatic carbocycles. The number of benzene rings is 2. The van der Waals surface area contributed by atoms with Crippen molar-refractivity contribution in [3.05, 3.63) is 54.6 Å². The van der Waals surface area contributed by atoms with Gasteiger partial charge in [0.1, 0.15) is 4.90 Å². The Hall–Kier alpha value is -1.52. The first kappa shape index (κ1) is 12.0. The summed E-state index contributed by atoms with van der Waals surface area (Å²) in [5.74, 6) is 0. The normalized spacial score (nSPS) is 11.1. The van der Waals surface area contributed by atoms with Crippen LogP contribution in [0.3, 0.4) is 0 Å². The molecule has 0 saturated heterocycles. The monoisotopic (exact) mass is 267 g/mol. The zero-order chi connectivity index (χ0) is 12.3. The van der Waals surface area contributed by atoms with Gasteiger partial charge in [-0.15, -0.1) is 0 Å². The van der Waals surface area contributed by atoms with Crippen molar-refractivity contribution in [2.24, 2.45) is 0 Å². The van der Waals surface area contributed by atoms with Crippen LogP contribution < -0.4 is 5.32 Å². The third-order valence-electron chi connectivity index (χ3n) is 2.20. The number of para-hydroxylation sites is 2. The van der Waals surface area contributed by atoms with Gasteiger partial charge in [0.25, 0.3) is 9.05 Å². The summed E-state index contributed by atoms with van der Waals surface area (Å²) in [5, 5.41) is 3.02. The lowest BCUT2D eigenvalue weighted by Gasteiger charge is -2.09. The van der Waals surface area contributed by atoms with Crippen molar-refractivity contribution < 1.29 is 8.42 Å². The molecular formula is C12H10ClNO2S. The lowest BCUT2D eigenvalue weighted by molar-refractivity contribution is 0.610. The maximum Gasteiger partial charge on any atom is 0.263 e. The Balaban J connectivity index is 2.41. The third kappa shape index (κ3) is 2.99. The van der Waals surface area contributed by atoms with Crippen LogP contribution >= 0.6 is 10.7 Å². The summed E-state index contributed by atoms with van der Waals surface area (Å²) in [7, 11) is 1.62. The SMILES string of the molecule is O=S(=O)(Cl)c1ccccc1Nc1ccccc1. The fourth-order valence-electron chi connectivity index (χ4n) is 1.46. The van der Waals surface area contributed by atoms with Crippen LogP contribution in [0.15, 0.2) is 59.5 Å². The van der Waals surface area contributed by atoms with E-state index in [9.17, 15) is 8.42 Å². The number of hydrogen-bond donors (Lipinski definition) is 1. The van der Waals surface area contributed by atoms with E-state index in [1.807, 2.05) is 30.3 Å². The Morgan fingerprint density at radius 1 is 0.882 bits per heavy atom. The molecule has 0 radical (unpaired) electrons. The van der Waals surface area contributed by atoms with E-state index in [4.69, 9.17) is 10.7 Å². The molecule has 3 nitrogen and oxygen atoms in total. The predicted molar refractivity (Wildman–Crippen MR) is 69.2 cm³/mol. The van der Waals surface area contributed by atoms with Crippen LogP contribution in [-0.2, 0) is 9.05 Å². The van der Waals surface area contributed by atoms with Crippen molar-refractivity contribution in [2.45, 2.75) is 4.90 Å². The van der Waals surface area contributed by atoms with Gasteiger partial charge in [-0.3, -0.25) is 0 Å². The topological polar surface area (TPSA) is 46.2 Å². The molecule has 0 unspecified atom stereocenters. The zero-order valence-corrected chi connectivity index (χ0v) is 10.4. The molecule has 0 atom stereocenters. The van der Waals surface area contributed by atoms with Gasteiger partial charge in [-0.1, -0.05) is 30.3 Å². The maximum absolute atomic E-state index is 11.4. The van der Waals surface area contributed by atoms with Crippen molar-refractivity contribution in [1.29, 1.82) is 0 Å². The van der Waals surface area contributed by atoms with E-state index in [2.05, 4.69) is 5.32 Å². The van der Waals surface area contributed by atoms with Crippen molar-refractivity contribution >= 4 is 31.1 Å². The van der Waals surface area contributed by atoms with Crippen LogP contribution in [0.25, 0.3) is 0 Å². The van der Waals surface area contributed by atoms with Crippen LogP contribution in [0, 0.1) is 0 Å². The molecule has 0 fully saturated rings. The van der Waals surface area contributed by atoms with E-state index in [1.54, 1.807) is 18.2 Å². The van der Waals surface area contributed by atoms with E-state index >= 15 is 0 Å². The number of halogens is 1. The Bertz CT molecular complexity index is 611. The van der Waals surface area contributed by atoms with Gasteiger partial charge >= 0.3 is 0 Å². The van der Waals surface area contributed by atoms with Gasteiger partial charge in [0.2, 0.25) is 0 Å². The quantitative estimate of drug-likeness (QED) is 0.868. The molecule has 0 aliphatic rings. The van der Waals surface area contributed by atoms with Crippen LogP contribution in [0.1, 0.15) is 0 Å². The minimum atomic E-state index is -3.74. The van der Waals surface area contributed by atoms with E-state index < -0.39 is 9.05 Å². The Morgan fingerprint density at radius 2 is 1.47 bits per heavy atom.